The predicted molar refractivity (Wildman–Crippen MR) is 84.9 cm³/mol. The van der Waals surface area contributed by atoms with Gasteiger partial charge in [0.25, 0.3) is 11.5 Å². The van der Waals surface area contributed by atoms with Crippen LogP contribution in [0.15, 0.2) is 15.5 Å². The molecule has 0 saturated carbocycles. The maximum Gasteiger partial charge on any atom is 0.282 e. The summed E-state index contributed by atoms with van der Waals surface area (Å²) in [5.74, 6) is 0.0957. The molecular weight excluding hydrogens is 352 g/mol. The Bertz CT molecular complexity index is 619. The number of halogens is 1. The third-order valence-corrected chi connectivity index (χ3v) is 4.94. The molecule has 0 spiro atoms. The lowest BCUT2D eigenvalue weighted by atomic mass is 10.2. The summed E-state index contributed by atoms with van der Waals surface area (Å²) in [6, 6.07) is 0. The summed E-state index contributed by atoms with van der Waals surface area (Å²) in [7, 11) is 1.62. The minimum absolute atomic E-state index is 0.0957. The highest BCUT2D eigenvalue weighted by atomic mass is 79.9. The van der Waals surface area contributed by atoms with E-state index in [1.165, 1.54) is 4.68 Å². The average Bonchev–Trinajstić information content (AvgIpc) is 3.07. The van der Waals surface area contributed by atoms with Crippen LogP contribution in [0.1, 0.15) is 12.8 Å². The number of anilines is 1. The first-order valence-electron chi connectivity index (χ1n) is 7.45. The SMILES string of the molecule is Cn1ncc(N2CCN(C(=O)C3CCCO3)CC2)c(Br)c1=O. The van der Waals surface area contributed by atoms with Gasteiger partial charge in [0.2, 0.25) is 0 Å². The first-order chi connectivity index (χ1) is 10.6. The molecule has 0 aromatic carbocycles. The van der Waals surface area contributed by atoms with Gasteiger partial charge in [-0.25, -0.2) is 4.68 Å². The molecule has 0 bridgehead atoms. The summed E-state index contributed by atoms with van der Waals surface area (Å²) in [6.07, 6.45) is 3.21. The van der Waals surface area contributed by atoms with Gasteiger partial charge < -0.3 is 14.5 Å². The first-order valence-corrected chi connectivity index (χ1v) is 8.24. The highest BCUT2D eigenvalue weighted by Crippen LogP contribution is 2.23. The van der Waals surface area contributed by atoms with Crippen LogP contribution in [0.5, 0.6) is 0 Å². The fourth-order valence-electron chi connectivity index (χ4n) is 2.87. The van der Waals surface area contributed by atoms with E-state index in [0.29, 0.717) is 37.3 Å². The number of carbonyl (C=O) groups is 1. The van der Waals surface area contributed by atoms with Crippen LogP contribution >= 0.6 is 15.9 Å². The number of carbonyl (C=O) groups excluding carboxylic acids is 1. The lowest BCUT2D eigenvalue weighted by Crippen LogP contribution is -2.51. The van der Waals surface area contributed by atoms with E-state index in [9.17, 15) is 9.59 Å². The molecule has 3 heterocycles. The van der Waals surface area contributed by atoms with Crippen LogP contribution in [0.3, 0.4) is 0 Å². The second kappa shape index (κ2) is 6.37. The van der Waals surface area contributed by atoms with Gasteiger partial charge in [0.05, 0.1) is 11.9 Å². The number of hydrogen-bond acceptors (Lipinski definition) is 5. The van der Waals surface area contributed by atoms with Crippen molar-refractivity contribution in [2.24, 2.45) is 7.05 Å². The Morgan fingerprint density at radius 1 is 1.36 bits per heavy atom. The molecule has 1 aromatic rings. The van der Waals surface area contributed by atoms with Crippen molar-refractivity contribution in [1.82, 2.24) is 14.7 Å². The zero-order valence-corrected chi connectivity index (χ0v) is 14.1. The number of rotatable bonds is 2. The smallest absolute Gasteiger partial charge is 0.282 e. The molecule has 0 N–H and O–H groups in total. The zero-order valence-electron chi connectivity index (χ0n) is 12.5. The Kier molecular flexibility index (Phi) is 4.49. The van der Waals surface area contributed by atoms with Crippen LogP contribution in [0, 0.1) is 0 Å². The van der Waals surface area contributed by atoms with Gasteiger partial charge in [0, 0.05) is 39.8 Å². The molecule has 120 valence electrons. The van der Waals surface area contributed by atoms with Crippen LogP contribution in [0.4, 0.5) is 5.69 Å². The molecule has 1 unspecified atom stereocenters. The van der Waals surface area contributed by atoms with Gasteiger partial charge in [0.15, 0.2) is 0 Å². The van der Waals surface area contributed by atoms with Gasteiger partial charge in [-0.3, -0.25) is 9.59 Å². The minimum atomic E-state index is -0.260. The van der Waals surface area contributed by atoms with Crippen molar-refractivity contribution in [3.8, 4) is 0 Å². The van der Waals surface area contributed by atoms with Gasteiger partial charge in [-0.05, 0) is 28.8 Å². The van der Waals surface area contributed by atoms with Crippen molar-refractivity contribution in [3.05, 3.63) is 21.0 Å². The monoisotopic (exact) mass is 370 g/mol. The maximum absolute atomic E-state index is 12.3. The molecule has 0 aliphatic carbocycles. The third-order valence-electron chi connectivity index (χ3n) is 4.20. The minimum Gasteiger partial charge on any atom is -0.368 e. The zero-order chi connectivity index (χ0) is 15.7. The van der Waals surface area contributed by atoms with Crippen LogP contribution in [-0.2, 0) is 16.6 Å². The Balaban J connectivity index is 1.65. The molecule has 2 aliphatic heterocycles. The average molecular weight is 371 g/mol. The second-order valence-corrected chi connectivity index (χ2v) is 6.38. The fourth-order valence-corrected chi connectivity index (χ4v) is 3.48. The highest BCUT2D eigenvalue weighted by Gasteiger charge is 2.30. The van der Waals surface area contributed by atoms with Crippen LogP contribution < -0.4 is 10.5 Å². The van der Waals surface area contributed by atoms with Crippen molar-refractivity contribution in [1.29, 1.82) is 0 Å². The normalized spacial score (nSPS) is 22.2. The number of hydrogen-bond donors (Lipinski definition) is 0. The largest absolute Gasteiger partial charge is 0.368 e. The third kappa shape index (κ3) is 2.89. The molecular formula is C14H19BrN4O3. The van der Waals surface area contributed by atoms with Crippen molar-refractivity contribution < 1.29 is 9.53 Å². The molecule has 2 saturated heterocycles. The summed E-state index contributed by atoms with van der Waals surface area (Å²) in [5.41, 5.74) is 0.627. The van der Waals surface area contributed by atoms with E-state index in [2.05, 4.69) is 25.9 Å². The molecule has 1 atom stereocenters. The molecule has 8 heteroatoms. The van der Waals surface area contributed by atoms with Crippen molar-refractivity contribution in [2.45, 2.75) is 18.9 Å². The molecule has 7 nitrogen and oxygen atoms in total. The maximum atomic E-state index is 12.3. The van der Waals surface area contributed by atoms with Gasteiger partial charge in [-0.15, -0.1) is 0 Å². The van der Waals surface area contributed by atoms with Crippen molar-refractivity contribution in [3.63, 3.8) is 0 Å². The highest BCUT2D eigenvalue weighted by molar-refractivity contribution is 9.10. The van der Waals surface area contributed by atoms with Crippen LogP contribution in [0.2, 0.25) is 0 Å². The number of amides is 1. The van der Waals surface area contributed by atoms with Crippen molar-refractivity contribution in [2.75, 3.05) is 37.7 Å². The molecule has 2 aliphatic rings. The number of aryl methyl sites for hydroxylation is 1. The lowest BCUT2D eigenvalue weighted by molar-refractivity contribution is -0.141. The molecule has 1 aromatic heterocycles. The number of ether oxygens (including phenoxy) is 1. The van der Waals surface area contributed by atoms with E-state index >= 15 is 0 Å². The molecule has 0 radical (unpaired) electrons. The summed E-state index contributed by atoms with van der Waals surface area (Å²) < 4.78 is 7.27. The summed E-state index contributed by atoms with van der Waals surface area (Å²) in [6.45, 7) is 3.33. The van der Waals surface area contributed by atoms with E-state index in [0.717, 1.165) is 18.5 Å². The molecule has 1 amide bonds. The van der Waals surface area contributed by atoms with Crippen LogP contribution in [-0.4, -0.2) is 59.5 Å². The van der Waals surface area contributed by atoms with E-state index in [4.69, 9.17) is 4.74 Å². The Labute approximate surface area is 137 Å². The van der Waals surface area contributed by atoms with E-state index in [1.54, 1.807) is 13.2 Å². The topological polar surface area (TPSA) is 67.7 Å². The lowest BCUT2D eigenvalue weighted by Gasteiger charge is -2.37. The predicted octanol–water partition coefficient (Wildman–Crippen LogP) is 0.370. The molecule has 3 rings (SSSR count). The van der Waals surface area contributed by atoms with Gasteiger partial charge >= 0.3 is 0 Å². The van der Waals surface area contributed by atoms with E-state index in [1.807, 2.05) is 4.90 Å². The van der Waals surface area contributed by atoms with Crippen molar-refractivity contribution >= 4 is 27.5 Å². The van der Waals surface area contributed by atoms with E-state index in [-0.39, 0.29) is 17.6 Å². The molecule has 22 heavy (non-hydrogen) atoms. The summed E-state index contributed by atoms with van der Waals surface area (Å²) in [5, 5.41) is 4.06. The number of aromatic nitrogens is 2. The summed E-state index contributed by atoms with van der Waals surface area (Å²) in [4.78, 5) is 28.2. The second-order valence-electron chi connectivity index (χ2n) is 5.59. The van der Waals surface area contributed by atoms with Gasteiger partial charge in [-0.2, -0.15) is 5.10 Å². The Morgan fingerprint density at radius 3 is 2.73 bits per heavy atom. The number of nitrogens with zero attached hydrogens (tertiary/aromatic N) is 4. The Hall–Kier alpha value is -1.41. The van der Waals surface area contributed by atoms with Gasteiger partial charge in [-0.1, -0.05) is 0 Å². The molecule has 2 fully saturated rings. The van der Waals surface area contributed by atoms with Gasteiger partial charge in [0.1, 0.15) is 10.6 Å². The number of piperazine rings is 1. The fraction of sp³-hybridized carbons (Fsp3) is 0.643. The van der Waals surface area contributed by atoms with Crippen LogP contribution in [0.25, 0.3) is 0 Å². The first kappa shape index (κ1) is 15.5. The standard InChI is InChI=1S/C14H19BrN4O3/c1-17-14(21)12(15)10(9-16-17)18-4-6-19(7-5-18)13(20)11-3-2-8-22-11/h9,11H,2-8H2,1H3. The quantitative estimate of drug-likeness (QED) is 0.752. The Morgan fingerprint density at radius 2 is 2.09 bits per heavy atom. The van der Waals surface area contributed by atoms with E-state index < -0.39 is 0 Å². The summed E-state index contributed by atoms with van der Waals surface area (Å²) >= 11 is 3.35.